The Bertz CT molecular complexity index is 1010. The van der Waals surface area contributed by atoms with E-state index in [0.717, 1.165) is 21.8 Å². The third-order valence-electron chi connectivity index (χ3n) is 4.09. The minimum Gasteiger partial charge on any atom is -0.493 e. The number of amides is 1. The molecule has 2 heterocycles. The Morgan fingerprint density at radius 2 is 2.04 bits per heavy atom. The van der Waals surface area contributed by atoms with Crippen LogP contribution in [0.3, 0.4) is 0 Å². The van der Waals surface area contributed by atoms with Gasteiger partial charge in [-0.2, -0.15) is 5.10 Å². The number of ether oxygens (including phenoxy) is 2. The molecule has 3 rings (SSSR count). The van der Waals surface area contributed by atoms with Gasteiger partial charge in [0, 0.05) is 17.0 Å². The van der Waals surface area contributed by atoms with Crippen LogP contribution in [0.2, 0.25) is 0 Å². The third kappa shape index (κ3) is 4.58. The molecule has 0 atom stereocenters. The predicted molar refractivity (Wildman–Crippen MR) is 110 cm³/mol. The molecule has 0 saturated carbocycles. The maximum atomic E-state index is 12.3. The number of nitrogens with zero attached hydrogens (tertiary/aromatic N) is 3. The van der Waals surface area contributed by atoms with E-state index in [2.05, 4.69) is 15.4 Å². The topological polar surface area (TPSA) is 78.3 Å². The Morgan fingerprint density at radius 3 is 2.71 bits per heavy atom. The van der Waals surface area contributed by atoms with E-state index in [1.807, 2.05) is 37.4 Å². The standard InChI is InChI=1S/C20H22N4O3S/c1-13-10-21-24(11-15-5-7-17(26-3)18(9-15)27-4)20(13)23-19(25)8-6-16-12-28-14(2)22-16/h5-10,12H,11H2,1-4H3,(H,23,25). The van der Waals surface area contributed by atoms with Gasteiger partial charge < -0.3 is 14.8 Å². The molecule has 8 heteroatoms. The minimum atomic E-state index is -0.234. The van der Waals surface area contributed by atoms with E-state index in [1.165, 1.54) is 6.08 Å². The summed E-state index contributed by atoms with van der Waals surface area (Å²) >= 11 is 1.55. The molecule has 0 fully saturated rings. The highest BCUT2D eigenvalue weighted by Gasteiger charge is 2.12. The van der Waals surface area contributed by atoms with E-state index in [1.54, 1.807) is 42.5 Å². The van der Waals surface area contributed by atoms with Crippen LogP contribution in [0.15, 0.2) is 35.9 Å². The average molecular weight is 398 g/mol. The van der Waals surface area contributed by atoms with Crippen molar-refractivity contribution >= 4 is 29.1 Å². The van der Waals surface area contributed by atoms with E-state index < -0.39 is 0 Å². The number of hydrogen-bond acceptors (Lipinski definition) is 6. The second-order valence-electron chi connectivity index (χ2n) is 6.14. The highest BCUT2D eigenvalue weighted by atomic mass is 32.1. The van der Waals surface area contributed by atoms with Crippen LogP contribution >= 0.6 is 11.3 Å². The highest BCUT2D eigenvalue weighted by molar-refractivity contribution is 7.09. The number of anilines is 1. The van der Waals surface area contributed by atoms with Gasteiger partial charge in [-0.15, -0.1) is 11.3 Å². The number of carbonyl (C=O) groups is 1. The van der Waals surface area contributed by atoms with Crippen molar-refractivity contribution in [3.05, 3.63) is 57.7 Å². The van der Waals surface area contributed by atoms with Crippen LogP contribution in [0.4, 0.5) is 5.82 Å². The summed E-state index contributed by atoms with van der Waals surface area (Å²) in [4.78, 5) is 16.6. The monoisotopic (exact) mass is 398 g/mol. The first kappa shape index (κ1) is 19.6. The number of aromatic nitrogens is 3. The summed E-state index contributed by atoms with van der Waals surface area (Å²) in [6.07, 6.45) is 4.90. The fourth-order valence-electron chi connectivity index (χ4n) is 2.69. The molecular weight excluding hydrogens is 376 g/mol. The van der Waals surface area contributed by atoms with Crippen LogP contribution in [0.5, 0.6) is 11.5 Å². The summed E-state index contributed by atoms with van der Waals surface area (Å²) in [6, 6.07) is 5.68. The number of nitrogens with one attached hydrogen (secondary N) is 1. The molecule has 0 saturated heterocycles. The van der Waals surface area contributed by atoms with Crippen molar-refractivity contribution in [2.24, 2.45) is 0 Å². The Kier molecular flexibility index (Phi) is 6.10. The smallest absolute Gasteiger partial charge is 0.249 e. The Morgan fingerprint density at radius 1 is 1.25 bits per heavy atom. The number of hydrogen-bond donors (Lipinski definition) is 1. The minimum absolute atomic E-state index is 0.234. The molecule has 28 heavy (non-hydrogen) atoms. The zero-order valence-corrected chi connectivity index (χ0v) is 17.0. The van der Waals surface area contributed by atoms with Gasteiger partial charge in [-0.3, -0.25) is 4.79 Å². The van der Waals surface area contributed by atoms with Crippen molar-refractivity contribution in [3.63, 3.8) is 0 Å². The Hall–Kier alpha value is -3.13. The van der Waals surface area contributed by atoms with Crippen molar-refractivity contribution < 1.29 is 14.3 Å². The van der Waals surface area contributed by atoms with E-state index in [0.29, 0.717) is 23.9 Å². The molecule has 0 aliphatic rings. The van der Waals surface area contributed by atoms with E-state index in [4.69, 9.17) is 9.47 Å². The first-order valence-corrected chi connectivity index (χ1v) is 9.52. The molecule has 1 aromatic carbocycles. The summed E-state index contributed by atoms with van der Waals surface area (Å²) in [7, 11) is 3.20. The molecule has 146 valence electrons. The van der Waals surface area contributed by atoms with Gasteiger partial charge in [0.05, 0.1) is 37.7 Å². The van der Waals surface area contributed by atoms with Gasteiger partial charge >= 0.3 is 0 Å². The molecule has 0 bridgehead atoms. The van der Waals surface area contributed by atoms with Gasteiger partial charge in [0.15, 0.2) is 11.5 Å². The Labute approximate surface area is 167 Å². The molecule has 3 aromatic rings. The molecule has 1 amide bonds. The zero-order chi connectivity index (χ0) is 20.1. The number of methoxy groups -OCH3 is 2. The number of aryl methyl sites for hydroxylation is 2. The number of benzene rings is 1. The third-order valence-corrected chi connectivity index (χ3v) is 4.88. The molecule has 0 spiro atoms. The summed E-state index contributed by atoms with van der Waals surface area (Å²) in [5.74, 6) is 1.73. The van der Waals surface area contributed by atoms with Gasteiger partial charge in [0.1, 0.15) is 5.82 Å². The van der Waals surface area contributed by atoms with Crippen LogP contribution in [0, 0.1) is 13.8 Å². The first-order chi connectivity index (χ1) is 13.5. The van der Waals surface area contributed by atoms with Crippen LogP contribution in [0.1, 0.15) is 21.8 Å². The lowest BCUT2D eigenvalue weighted by Gasteiger charge is -2.12. The summed E-state index contributed by atoms with van der Waals surface area (Å²) in [6.45, 7) is 4.32. The summed E-state index contributed by atoms with van der Waals surface area (Å²) in [5.41, 5.74) is 2.63. The number of rotatable bonds is 7. The molecule has 7 nitrogen and oxygen atoms in total. The normalized spacial score (nSPS) is 11.0. The summed E-state index contributed by atoms with van der Waals surface area (Å²) < 4.78 is 12.4. The quantitative estimate of drug-likeness (QED) is 0.615. The fourth-order valence-corrected chi connectivity index (χ4v) is 3.27. The van der Waals surface area contributed by atoms with Crippen molar-refractivity contribution in [3.8, 4) is 11.5 Å². The largest absolute Gasteiger partial charge is 0.493 e. The SMILES string of the molecule is COc1ccc(Cn2ncc(C)c2NC(=O)C=Cc2csc(C)n2)cc1OC. The predicted octanol–water partition coefficient (Wildman–Crippen LogP) is 3.67. The number of thiazole rings is 1. The molecular formula is C20H22N4O3S. The van der Waals surface area contributed by atoms with Crippen LogP contribution in [0.25, 0.3) is 6.08 Å². The molecule has 2 aromatic heterocycles. The second kappa shape index (κ2) is 8.71. The highest BCUT2D eigenvalue weighted by Crippen LogP contribution is 2.28. The van der Waals surface area contributed by atoms with Crippen molar-refractivity contribution in [2.75, 3.05) is 19.5 Å². The lowest BCUT2D eigenvalue weighted by Crippen LogP contribution is -2.14. The van der Waals surface area contributed by atoms with Crippen molar-refractivity contribution in [1.82, 2.24) is 14.8 Å². The van der Waals surface area contributed by atoms with Crippen LogP contribution < -0.4 is 14.8 Å². The van der Waals surface area contributed by atoms with E-state index in [9.17, 15) is 4.79 Å². The average Bonchev–Trinajstić information content (AvgIpc) is 3.26. The van der Waals surface area contributed by atoms with Gasteiger partial charge in [-0.05, 0) is 37.6 Å². The fraction of sp³-hybridized carbons (Fsp3) is 0.250. The van der Waals surface area contributed by atoms with Crippen molar-refractivity contribution in [1.29, 1.82) is 0 Å². The lowest BCUT2D eigenvalue weighted by molar-refractivity contribution is -0.111. The maximum Gasteiger partial charge on any atom is 0.249 e. The van der Waals surface area contributed by atoms with Crippen LogP contribution in [-0.4, -0.2) is 34.9 Å². The van der Waals surface area contributed by atoms with Gasteiger partial charge in [-0.25, -0.2) is 9.67 Å². The Balaban J connectivity index is 1.74. The van der Waals surface area contributed by atoms with Gasteiger partial charge in [0.25, 0.3) is 0 Å². The van der Waals surface area contributed by atoms with Gasteiger partial charge in [-0.1, -0.05) is 6.07 Å². The molecule has 0 radical (unpaired) electrons. The lowest BCUT2D eigenvalue weighted by atomic mass is 10.2. The van der Waals surface area contributed by atoms with Gasteiger partial charge in [0.2, 0.25) is 5.91 Å². The maximum absolute atomic E-state index is 12.3. The second-order valence-corrected chi connectivity index (χ2v) is 7.20. The molecule has 0 unspecified atom stereocenters. The molecule has 0 aliphatic carbocycles. The van der Waals surface area contributed by atoms with Crippen LogP contribution in [-0.2, 0) is 11.3 Å². The first-order valence-electron chi connectivity index (χ1n) is 8.64. The number of carbonyl (C=O) groups excluding carboxylic acids is 1. The van der Waals surface area contributed by atoms with Crippen molar-refractivity contribution in [2.45, 2.75) is 20.4 Å². The van der Waals surface area contributed by atoms with E-state index >= 15 is 0 Å². The van der Waals surface area contributed by atoms with E-state index in [-0.39, 0.29) is 5.91 Å². The molecule has 1 N–H and O–H groups in total. The molecule has 0 aliphatic heterocycles. The summed E-state index contributed by atoms with van der Waals surface area (Å²) in [5, 5.41) is 10.2. The zero-order valence-electron chi connectivity index (χ0n) is 16.2.